The summed E-state index contributed by atoms with van der Waals surface area (Å²) in [4.78, 5) is 0. The number of nitrogens with one attached hydrogen (secondary N) is 1. The number of hydrogen-bond acceptors (Lipinski definition) is 3. The molecule has 0 saturated carbocycles. The third-order valence-electron chi connectivity index (χ3n) is 3.03. The fourth-order valence-electron chi connectivity index (χ4n) is 2.03. The highest BCUT2D eigenvalue weighted by Gasteiger charge is 2.08. The predicted octanol–water partition coefficient (Wildman–Crippen LogP) is 4.04. The highest BCUT2D eigenvalue weighted by atomic mass is 35.5. The predicted molar refractivity (Wildman–Crippen MR) is 86.2 cm³/mol. The first-order valence-electron chi connectivity index (χ1n) is 7.01. The molecule has 0 spiro atoms. The van der Waals surface area contributed by atoms with Crippen molar-refractivity contribution in [3.05, 3.63) is 58.6 Å². The Hall–Kier alpha value is -1.71. The molecule has 0 fully saturated rings. The van der Waals surface area contributed by atoms with Gasteiger partial charge in [-0.1, -0.05) is 35.9 Å². The van der Waals surface area contributed by atoms with Crippen LogP contribution >= 0.6 is 11.6 Å². The summed E-state index contributed by atoms with van der Waals surface area (Å²) in [6.07, 6.45) is 0. The molecule has 3 nitrogen and oxygen atoms in total. The van der Waals surface area contributed by atoms with E-state index in [1.165, 1.54) is 0 Å². The highest BCUT2D eigenvalue weighted by molar-refractivity contribution is 6.31. The van der Waals surface area contributed by atoms with Gasteiger partial charge in [0.05, 0.1) is 6.61 Å². The molecule has 2 aromatic rings. The number of benzene rings is 2. The molecule has 2 rings (SSSR count). The lowest BCUT2D eigenvalue weighted by molar-refractivity contribution is 0.269. The molecule has 112 valence electrons. The maximum atomic E-state index is 6.14. The Balaban J connectivity index is 2.13. The lowest BCUT2D eigenvalue weighted by Gasteiger charge is -2.14. The van der Waals surface area contributed by atoms with Crippen LogP contribution in [0.4, 0.5) is 0 Å². The van der Waals surface area contributed by atoms with Crippen molar-refractivity contribution in [3.8, 4) is 11.5 Å². The number of hydrogen-bond donors (Lipinski definition) is 1. The van der Waals surface area contributed by atoms with Crippen LogP contribution in [0.25, 0.3) is 0 Å². The van der Waals surface area contributed by atoms with Gasteiger partial charge in [-0.05, 0) is 37.7 Å². The Labute approximate surface area is 130 Å². The summed E-state index contributed by atoms with van der Waals surface area (Å²) in [6, 6.07) is 13.6. The zero-order valence-electron chi connectivity index (χ0n) is 12.4. The van der Waals surface area contributed by atoms with Gasteiger partial charge in [0.15, 0.2) is 11.5 Å². The molecule has 0 amide bonds. The van der Waals surface area contributed by atoms with E-state index in [1.807, 2.05) is 56.4 Å². The van der Waals surface area contributed by atoms with E-state index in [1.54, 1.807) is 0 Å². The van der Waals surface area contributed by atoms with Gasteiger partial charge >= 0.3 is 0 Å². The summed E-state index contributed by atoms with van der Waals surface area (Å²) in [5, 5.41) is 3.83. The van der Waals surface area contributed by atoms with Gasteiger partial charge in [0.2, 0.25) is 0 Å². The largest absolute Gasteiger partial charge is 0.490 e. The summed E-state index contributed by atoms with van der Waals surface area (Å²) < 4.78 is 11.5. The minimum atomic E-state index is 0.422. The van der Waals surface area contributed by atoms with Crippen LogP contribution in [-0.2, 0) is 13.2 Å². The normalized spacial score (nSPS) is 10.4. The van der Waals surface area contributed by atoms with E-state index in [2.05, 4.69) is 5.32 Å². The van der Waals surface area contributed by atoms with E-state index in [0.29, 0.717) is 18.2 Å². The van der Waals surface area contributed by atoms with Crippen LogP contribution in [0, 0.1) is 0 Å². The Morgan fingerprint density at radius 3 is 2.57 bits per heavy atom. The fourth-order valence-corrected chi connectivity index (χ4v) is 2.22. The molecule has 0 aliphatic heterocycles. The Kier molecular flexibility index (Phi) is 5.90. The lowest BCUT2D eigenvalue weighted by atomic mass is 10.2. The second kappa shape index (κ2) is 7.91. The van der Waals surface area contributed by atoms with Crippen molar-refractivity contribution in [2.24, 2.45) is 0 Å². The molecule has 0 saturated heterocycles. The number of halogens is 1. The summed E-state index contributed by atoms with van der Waals surface area (Å²) in [5.74, 6) is 1.49. The van der Waals surface area contributed by atoms with E-state index in [-0.39, 0.29) is 0 Å². The monoisotopic (exact) mass is 305 g/mol. The second-order valence-corrected chi connectivity index (χ2v) is 5.03. The van der Waals surface area contributed by atoms with E-state index in [0.717, 1.165) is 29.2 Å². The molecule has 0 unspecified atom stereocenters. The molecular formula is C17H20ClNO2. The van der Waals surface area contributed by atoms with Crippen LogP contribution in [0.2, 0.25) is 5.02 Å². The molecule has 0 aliphatic carbocycles. The quantitative estimate of drug-likeness (QED) is 0.837. The van der Waals surface area contributed by atoms with E-state index < -0.39 is 0 Å². The maximum absolute atomic E-state index is 6.14. The summed E-state index contributed by atoms with van der Waals surface area (Å²) in [5.41, 5.74) is 2.12. The van der Waals surface area contributed by atoms with Crippen molar-refractivity contribution in [2.75, 3.05) is 13.7 Å². The number of rotatable bonds is 7. The summed E-state index contributed by atoms with van der Waals surface area (Å²) in [7, 11) is 1.92. The van der Waals surface area contributed by atoms with E-state index >= 15 is 0 Å². The standard InChI is InChI=1S/C17H20ClNO2/c1-3-20-17-10-13(11-19-2)8-9-16(17)21-12-14-6-4-5-7-15(14)18/h4-10,19H,3,11-12H2,1-2H3. The number of ether oxygens (including phenoxy) is 2. The first-order valence-corrected chi connectivity index (χ1v) is 7.39. The van der Waals surface area contributed by atoms with Gasteiger partial charge in [-0.3, -0.25) is 0 Å². The highest BCUT2D eigenvalue weighted by Crippen LogP contribution is 2.30. The van der Waals surface area contributed by atoms with Crippen molar-refractivity contribution in [3.63, 3.8) is 0 Å². The van der Waals surface area contributed by atoms with Gasteiger partial charge in [0.25, 0.3) is 0 Å². The molecule has 0 heterocycles. The van der Waals surface area contributed by atoms with Crippen LogP contribution in [0.5, 0.6) is 11.5 Å². The van der Waals surface area contributed by atoms with Crippen molar-refractivity contribution in [2.45, 2.75) is 20.1 Å². The SMILES string of the molecule is CCOc1cc(CNC)ccc1OCc1ccccc1Cl. The van der Waals surface area contributed by atoms with Crippen molar-refractivity contribution >= 4 is 11.6 Å². The zero-order chi connectivity index (χ0) is 15.1. The molecule has 0 bridgehead atoms. The molecular weight excluding hydrogens is 286 g/mol. The van der Waals surface area contributed by atoms with Crippen LogP contribution in [0.15, 0.2) is 42.5 Å². The topological polar surface area (TPSA) is 30.5 Å². The second-order valence-electron chi connectivity index (χ2n) is 4.62. The fraction of sp³-hybridized carbons (Fsp3) is 0.294. The van der Waals surface area contributed by atoms with Crippen LogP contribution < -0.4 is 14.8 Å². The van der Waals surface area contributed by atoms with Crippen molar-refractivity contribution in [1.29, 1.82) is 0 Å². The molecule has 1 N–H and O–H groups in total. The first-order chi connectivity index (χ1) is 10.2. The molecule has 21 heavy (non-hydrogen) atoms. The van der Waals surface area contributed by atoms with Crippen molar-refractivity contribution in [1.82, 2.24) is 5.32 Å². The van der Waals surface area contributed by atoms with Gasteiger partial charge in [0.1, 0.15) is 6.61 Å². The van der Waals surface area contributed by atoms with Gasteiger partial charge in [-0.15, -0.1) is 0 Å². The Morgan fingerprint density at radius 2 is 1.86 bits per heavy atom. The maximum Gasteiger partial charge on any atom is 0.161 e. The van der Waals surface area contributed by atoms with E-state index in [9.17, 15) is 0 Å². The van der Waals surface area contributed by atoms with Gasteiger partial charge in [0, 0.05) is 17.1 Å². The smallest absolute Gasteiger partial charge is 0.161 e. The average molecular weight is 306 g/mol. The summed E-state index contributed by atoms with van der Waals surface area (Å²) >= 11 is 6.14. The lowest BCUT2D eigenvalue weighted by Crippen LogP contribution is -2.06. The third kappa shape index (κ3) is 4.38. The van der Waals surface area contributed by atoms with E-state index in [4.69, 9.17) is 21.1 Å². The minimum Gasteiger partial charge on any atom is -0.490 e. The molecule has 0 atom stereocenters. The third-order valence-corrected chi connectivity index (χ3v) is 3.40. The Bertz CT molecular complexity index is 587. The van der Waals surface area contributed by atoms with Gasteiger partial charge < -0.3 is 14.8 Å². The average Bonchev–Trinajstić information content (AvgIpc) is 2.49. The van der Waals surface area contributed by atoms with Crippen LogP contribution in [0.3, 0.4) is 0 Å². The molecule has 0 aliphatic rings. The van der Waals surface area contributed by atoms with Crippen molar-refractivity contribution < 1.29 is 9.47 Å². The minimum absolute atomic E-state index is 0.422. The molecule has 2 aromatic carbocycles. The first kappa shape index (κ1) is 15.7. The molecule has 4 heteroatoms. The zero-order valence-corrected chi connectivity index (χ0v) is 13.1. The van der Waals surface area contributed by atoms with Gasteiger partial charge in [-0.2, -0.15) is 0 Å². The van der Waals surface area contributed by atoms with Crippen LogP contribution in [0.1, 0.15) is 18.1 Å². The van der Waals surface area contributed by atoms with Gasteiger partial charge in [-0.25, -0.2) is 0 Å². The summed E-state index contributed by atoms with van der Waals surface area (Å²) in [6.45, 7) is 3.78. The Morgan fingerprint density at radius 1 is 1.05 bits per heavy atom. The van der Waals surface area contributed by atoms with Crippen LogP contribution in [-0.4, -0.2) is 13.7 Å². The molecule has 0 aromatic heterocycles. The molecule has 0 radical (unpaired) electrons.